The first-order valence-corrected chi connectivity index (χ1v) is 12.2. The zero-order valence-corrected chi connectivity index (χ0v) is 18.3. The molecule has 2 heterocycles. The van der Waals surface area contributed by atoms with Gasteiger partial charge in [-0.15, -0.1) is 0 Å². The van der Waals surface area contributed by atoms with Crippen LogP contribution >= 0.6 is 0 Å². The van der Waals surface area contributed by atoms with Gasteiger partial charge in [-0.3, -0.25) is 4.79 Å². The Balaban J connectivity index is 1.52. The fourth-order valence-electron chi connectivity index (χ4n) is 4.70. The van der Waals surface area contributed by atoms with Gasteiger partial charge in [0.1, 0.15) is 0 Å². The average molecular weight is 444 g/mol. The number of nitrogens with zero attached hydrogens (tertiary/aromatic N) is 2. The molecule has 0 spiro atoms. The molecule has 8 heteroatoms. The number of hydrogen-bond donors (Lipinski definition) is 2. The standard InChI is InChI=1S/C23H29N3O4S/c24-22(27)23(28,18-6-2-1-3-7-18)19-8-10-21(11-9-19)31(29,30)26-16-12-20(13-17-26)25-14-4-5-15-25/h1-3,6-11,20,28H,4-5,12-17H2,(H2,24,27). The molecule has 1 amide bonds. The highest BCUT2D eigenvalue weighted by Crippen LogP contribution is 2.31. The van der Waals surface area contributed by atoms with Crippen molar-refractivity contribution in [1.29, 1.82) is 0 Å². The van der Waals surface area contributed by atoms with Gasteiger partial charge in [0, 0.05) is 19.1 Å². The van der Waals surface area contributed by atoms with Gasteiger partial charge in [0.2, 0.25) is 10.0 Å². The summed E-state index contributed by atoms with van der Waals surface area (Å²) in [5.41, 5.74) is 4.06. The first kappa shape index (κ1) is 22.0. The lowest BCUT2D eigenvalue weighted by Gasteiger charge is -2.36. The number of hydrogen-bond acceptors (Lipinski definition) is 5. The number of amides is 1. The van der Waals surface area contributed by atoms with E-state index in [-0.39, 0.29) is 10.5 Å². The Morgan fingerprint density at radius 2 is 1.45 bits per heavy atom. The van der Waals surface area contributed by atoms with Crippen LogP contribution in [-0.4, -0.2) is 60.9 Å². The van der Waals surface area contributed by atoms with Crippen LogP contribution in [0, 0.1) is 0 Å². The van der Waals surface area contributed by atoms with Gasteiger partial charge in [-0.2, -0.15) is 4.31 Å². The van der Waals surface area contributed by atoms with E-state index in [1.54, 1.807) is 30.3 Å². The Morgan fingerprint density at radius 1 is 0.903 bits per heavy atom. The predicted molar refractivity (Wildman–Crippen MR) is 118 cm³/mol. The number of likely N-dealkylation sites (tertiary alicyclic amines) is 1. The van der Waals surface area contributed by atoms with Crippen molar-refractivity contribution in [2.24, 2.45) is 5.73 Å². The molecule has 2 fully saturated rings. The van der Waals surface area contributed by atoms with Gasteiger partial charge in [0.05, 0.1) is 4.90 Å². The van der Waals surface area contributed by atoms with Gasteiger partial charge in [-0.05, 0) is 62.0 Å². The Labute approximate surface area is 183 Å². The number of aliphatic hydroxyl groups is 1. The summed E-state index contributed by atoms with van der Waals surface area (Å²) in [5, 5.41) is 11.1. The summed E-state index contributed by atoms with van der Waals surface area (Å²) in [4.78, 5) is 14.8. The third kappa shape index (κ3) is 4.13. The summed E-state index contributed by atoms with van der Waals surface area (Å²) in [7, 11) is -3.64. The van der Waals surface area contributed by atoms with Crippen LogP contribution in [0.5, 0.6) is 0 Å². The first-order valence-electron chi connectivity index (χ1n) is 10.8. The minimum absolute atomic E-state index is 0.149. The second-order valence-corrected chi connectivity index (χ2v) is 10.3. The minimum Gasteiger partial charge on any atom is -0.372 e. The van der Waals surface area contributed by atoms with Crippen molar-refractivity contribution in [3.63, 3.8) is 0 Å². The van der Waals surface area contributed by atoms with Gasteiger partial charge >= 0.3 is 0 Å². The van der Waals surface area contributed by atoms with E-state index < -0.39 is 21.5 Å². The Bertz CT molecular complexity index is 1010. The number of carbonyl (C=O) groups excluding carboxylic acids is 1. The molecule has 3 N–H and O–H groups in total. The predicted octanol–water partition coefficient (Wildman–Crippen LogP) is 1.66. The molecule has 0 radical (unpaired) electrons. The summed E-state index contributed by atoms with van der Waals surface area (Å²) in [6, 6.07) is 14.7. The third-order valence-electron chi connectivity index (χ3n) is 6.54. The topological polar surface area (TPSA) is 104 Å². The Hall–Kier alpha value is -2.26. The minimum atomic E-state index is -3.64. The number of nitrogens with two attached hydrogens (primary N) is 1. The van der Waals surface area contributed by atoms with Crippen molar-refractivity contribution in [2.45, 2.75) is 42.2 Å². The number of piperidine rings is 1. The summed E-state index contributed by atoms with van der Waals surface area (Å²) < 4.78 is 27.8. The molecule has 0 bridgehead atoms. The van der Waals surface area contributed by atoms with Gasteiger partial charge < -0.3 is 15.7 Å². The molecule has 2 aromatic carbocycles. The van der Waals surface area contributed by atoms with Crippen LogP contribution in [0.2, 0.25) is 0 Å². The highest BCUT2D eigenvalue weighted by Gasteiger charge is 2.39. The third-order valence-corrected chi connectivity index (χ3v) is 8.45. The molecule has 7 nitrogen and oxygen atoms in total. The molecule has 2 saturated heterocycles. The van der Waals surface area contributed by atoms with Crippen LogP contribution in [0.4, 0.5) is 0 Å². The van der Waals surface area contributed by atoms with Crippen molar-refractivity contribution in [2.75, 3.05) is 26.2 Å². The molecule has 1 unspecified atom stereocenters. The molecule has 0 aromatic heterocycles. The van der Waals surface area contributed by atoms with Crippen molar-refractivity contribution < 1.29 is 18.3 Å². The molecule has 1 atom stereocenters. The van der Waals surface area contributed by atoms with Crippen LogP contribution in [0.1, 0.15) is 36.8 Å². The smallest absolute Gasteiger partial charge is 0.258 e. The molecule has 0 saturated carbocycles. The van der Waals surface area contributed by atoms with Crippen molar-refractivity contribution in [3.05, 3.63) is 65.7 Å². The van der Waals surface area contributed by atoms with Crippen LogP contribution < -0.4 is 5.73 Å². The lowest BCUT2D eigenvalue weighted by Crippen LogP contribution is -2.45. The van der Waals surface area contributed by atoms with Crippen LogP contribution in [0.25, 0.3) is 0 Å². The SMILES string of the molecule is NC(=O)C(O)(c1ccccc1)c1ccc(S(=O)(=O)N2CCC(N3CCCC3)CC2)cc1. The van der Waals surface area contributed by atoms with E-state index in [1.807, 2.05) is 0 Å². The highest BCUT2D eigenvalue weighted by molar-refractivity contribution is 7.89. The molecular weight excluding hydrogens is 414 g/mol. The lowest BCUT2D eigenvalue weighted by molar-refractivity contribution is -0.133. The molecule has 4 rings (SSSR count). The number of rotatable bonds is 6. The fraction of sp³-hybridized carbons (Fsp3) is 0.435. The number of primary amides is 1. The van der Waals surface area contributed by atoms with E-state index in [0.717, 1.165) is 25.9 Å². The second kappa shape index (κ2) is 8.70. The van der Waals surface area contributed by atoms with Crippen LogP contribution in [0.3, 0.4) is 0 Å². The summed E-state index contributed by atoms with van der Waals surface area (Å²) in [6.45, 7) is 3.23. The van der Waals surface area contributed by atoms with E-state index in [2.05, 4.69) is 4.90 Å². The molecule has 2 aliphatic heterocycles. The van der Waals surface area contributed by atoms with Gasteiger partial charge in [-0.1, -0.05) is 42.5 Å². The fourth-order valence-corrected chi connectivity index (χ4v) is 6.17. The van der Waals surface area contributed by atoms with Gasteiger partial charge in [-0.25, -0.2) is 8.42 Å². The van der Waals surface area contributed by atoms with E-state index in [1.165, 1.54) is 41.4 Å². The van der Waals surface area contributed by atoms with E-state index in [9.17, 15) is 18.3 Å². The van der Waals surface area contributed by atoms with E-state index >= 15 is 0 Å². The van der Waals surface area contributed by atoms with E-state index in [4.69, 9.17) is 5.73 Å². The summed E-state index contributed by atoms with van der Waals surface area (Å²) >= 11 is 0. The molecule has 2 aromatic rings. The maximum atomic E-state index is 13.1. The normalized spacial score (nSPS) is 21.1. The number of carbonyl (C=O) groups is 1. The maximum Gasteiger partial charge on any atom is 0.258 e. The quantitative estimate of drug-likeness (QED) is 0.707. The number of sulfonamides is 1. The molecule has 2 aliphatic rings. The monoisotopic (exact) mass is 443 g/mol. The summed E-state index contributed by atoms with van der Waals surface area (Å²) in [5.74, 6) is -0.918. The van der Waals surface area contributed by atoms with Gasteiger partial charge in [0.25, 0.3) is 5.91 Å². The molecule has 166 valence electrons. The molecular formula is C23H29N3O4S. The largest absolute Gasteiger partial charge is 0.372 e. The molecule has 0 aliphatic carbocycles. The molecule has 31 heavy (non-hydrogen) atoms. The highest BCUT2D eigenvalue weighted by atomic mass is 32.2. The van der Waals surface area contributed by atoms with Crippen LogP contribution in [0.15, 0.2) is 59.5 Å². The second-order valence-electron chi connectivity index (χ2n) is 8.34. The Morgan fingerprint density at radius 3 is 2.00 bits per heavy atom. The summed E-state index contributed by atoms with van der Waals surface area (Å²) in [6.07, 6.45) is 4.14. The Kier molecular flexibility index (Phi) is 6.16. The van der Waals surface area contributed by atoms with E-state index in [0.29, 0.717) is 24.7 Å². The first-order chi connectivity index (χ1) is 14.8. The van der Waals surface area contributed by atoms with Crippen molar-refractivity contribution >= 4 is 15.9 Å². The van der Waals surface area contributed by atoms with Crippen molar-refractivity contribution in [1.82, 2.24) is 9.21 Å². The lowest BCUT2D eigenvalue weighted by atomic mass is 9.86. The number of benzene rings is 2. The maximum absolute atomic E-state index is 13.1. The zero-order valence-electron chi connectivity index (χ0n) is 17.5. The van der Waals surface area contributed by atoms with Crippen molar-refractivity contribution in [3.8, 4) is 0 Å². The average Bonchev–Trinajstić information content (AvgIpc) is 3.34. The zero-order chi connectivity index (χ0) is 22.1. The van der Waals surface area contributed by atoms with Crippen LogP contribution in [-0.2, 0) is 20.4 Å². The van der Waals surface area contributed by atoms with Gasteiger partial charge in [0.15, 0.2) is 5.60 Å².